The number of hydrogen-bond acceptors (Lipinski definition) is 7. The zero-order chi connectivity index (χ0) is 20.6. The highest BCUT2D eigenvalue weighted by molar-refractivity contribution is 7.53. The quantitative estimate of drug-likeness (QED) is 0.498. The molecule has 2 aromatic rings. The van der Waals surface area contributed by atoms with Gasteiger partial charge in [-0.3, -0.25) is 14.3 Å². The van der Waals surface area contributed by atoms with E-state index in [9.17, 15) is 14.2 Å². The van der Waals surface area contributed by atoms with Crippen molar-refractivity contribution < 1.29 is 27.9 Å². The van der Waals surface area contributed by atoms with Gasteiger partial charge in [-0.15, -0.1) is 0 Å². The molecule has 8 nitrogen and oxygen atoms in total. The fourth-order valence-corrected chi connectivity index (χ4v) is 4.10. The predicted molar refractivity (Wildman–Crippen MR) is 105 cm³/mol. The molecule has 9 heteroatoms. The summed E-state index contributed by atoms with van der Waals surface area (Å²) in [5, 5.41) is 2.71. The van der Waals surface area contributed by atoms with Crippen LogP contribution in [0.4, 0.5) is 5.69 Å². The van der Waals surface area contributed by atoms with Gasteiger partial charge in [0.1, 0.15) is 5.69 Å². The normalized spacial score (nSPS) is 11.1. The van der Waals surface area contributed by atoms with Crippen LogP contribution in [0.1, 0.15) is 40.3 Å². The third kappa shape index (κ3) is 5.99. The van der Waals surface area contributed by atoms with E-state index in [1.165, 1.54) is 25.4 Å². The molecule has 28 heavy (non-hydrogen) atoms. The van der Waals surface area contributed by atoms with Crippen LogP contribution in [-0.2, 0) is 24.5 Å². The first-order chi connectivity index (χ1) is 13.4. The van der Waals surface area contributed by atoms with Crippen LogP contribution in [-0.4, -0.2) is 37.2 Å². The van der Waals surface area contributed by atoms with Gasteiger partial charge in [0.2, 0.25) is 0 Å². The molecule has 0 radical (unpaired) electrons. The average molecular weight is 406 g/mol. The first-order valence-electron chi connectivity index (χ1n) is 8.73. The van der Waals surface area contributed by atoms with E-state index >= 15 is 0 Å². The van der Waals surface area contributed by atoms with E-state index in [0.29, 0.717) is 18.9 Å². The first kappa shape index (κ1) is 21.8. The molecule has 0 unspecified atom stereocenters. The van der Waals surface area contributed by atoms with Crippen molar-refractivity contribution in [2.75, 3.05) is 25.6 Å². The Labute approximate surface area is 163 Å². The van der Waals surface area contributed by atoms with Gasteiger partial charge in [-0.25, -0.2) is 4.79 Å². The molecule has 1 N–H and O–H groups in total. The minimum atomic E-state index is -3.18. The Kier molecular flexibility index (Phi) is 7.87. The fraction of sp³-hybridized carbons (Fsp3) is 0.316. The minimum absolute atomic E-state index is 0.152. The highest BCUT2D eigenvalue weighted by Gasteiger charge is 2.24. The van der Waals surface area contributed by atoms with Gasteiger partial charge in [0, 0.05) is 11.9 Å². The number of anilines is 1. The summed E-state index contributed by atoms with van der Waals surface area (Å²) >= 11 is 0. The molecule has 0 aliphatic carbocycles. The van der Waals surface area contributed by atoms with Gasteiger partial charge < -0.3 is 19.1 Å². The van der Waals surface area contributed by atoms with E-state index in [4.69, 9.17) is 9.05 Å². The van der Waals surface area contributed by atoms with Crippen LogP contribution in [0.5, 0.6) is 0 Å². The Morgan fingerprint density at radius 2 is 1.68 bits per heavy atom. The number of rotatable bonds is 9. The van der Waals surface area contributed by atoms with E-state index in [2.05, 4.69) is 15.0 Å². The van der Waals surface area contributed by atoms with Gasteiger partial charge in [-0.2, -0.15) is 0 Å². The lowest BCUT2D eigenvalue weighted by Crippen LogP contribution is -2.14. The molecular weight excluding hydrogens is 383 g/mol. The van der Waals surface area contributed by atoms with Crippen molar-refractivity contribution >= 4 is 25.2 Å². The monoisotopic (exact) mass is 406 g/mol. The summed E-state index contributed by atoms with van der Waals surface area (Å²) in [5.41, 5.74) is 1.74. The van der Waals surface area contributed by atoms with Gasteiger partial charge in [-0.05, 0) is 43.7 Å². The molecule has 0 aliphatic heterocycles. The van der Waals surface area contributed by atoms with Gasteiger partial charge >= 0.3 is 13.6 Å². The largest absolute Gasteiger partial charge is 0.465 e. The zero-order valence-corrected chi connectivity index (χ0v) is 16.9. The number of methoxy groups -OCH3 is 1. The van der Waals surface area contributed by atoms with Gasteiger partial charge in [0.25, 0.3) is 5.91 Å². The van der Waals surface area contributed by atoms with Crippen molar-refractivity contribution in [1.29, 1.82) is 0 Å². The van der Waals surface area contributed by atoms with Crippen LogP contribution in [0.25, 0.3) is 0 Å². The third-order valence-electron chi connectivity index (χ3n) is 3.66. The number of carbonyl (C=O) groups excluding carboxylic acids is 2. The molecule has 2 rings (SSSR count). The Hall–Kier alpha value is -2.54. The first-order valence-corrected chi connectivity index (χ1v) is 10.5. The van der Waals surface area contributed by atoms with Crippen LogP contribution >= 0.6 is 7.60 Å². The van der Waals surface area contributed by atoms with Crippen LogP contribution in [0.2, 0.25) is 0 Å². The van der Waals surface area contributed by atoms with Crippen molar-refractivity contribution in [1.82, 2.24) is 4.98 Å². The predicted octanol–water partition coefficient (Wildman–Crippen LogP) is 3.89. The summed E-state index contributed by atoms with van der Waals surface area (Å²) < 4.78 is 27.7. The number of ether oxygens (including phenoxy) is 1. The number of carbonyl (C=O) groups is 2. The Morgan fingerprint density at radius 1 is 1.04 bits per heavy atom. The Morgan fingerprint density at radius 3 is 2.18 bits per heavy atom. The summed E-state index contributed by atoms with van der Waals surface area (Å²) in [6, 6.07) is 9.78. The summed E-state index contributed by atoms with van der Waals surface area (Å²) in [7, 11) is -1.91. The number of amides is 1. The average Bonchev–Trinajstić information content (AvgIpc) is 2.69. The number of benzene rings is 1. The summed E-state index contributed by atoms with van der Waals surface area (Å²) in [5.74, 6) is -0.940. The lowest BCUT2D eigenvalue weighted by molar-refractivity contribution is 0.0599. The van der Waals surface area contributed by atoms with E-state index in [1.807, 2.05) is 0 Å². The molecule has 1 aromatic carbocycles. The highest BCUT2D eigenvalue weighted by atomic mass is 31.2. The maximum absolute atomic E-state index is 12.6. The third-order valence-corrected chi connectivity index (χ3v) is 5.71. The van der Waals surface area contributed by atoms with E-state index in [-0.39, 0.29) is 17.4 Å². The molecule has 0 fully saturated rings. The standard InChI is InChI=1S/C19H23N2O6P/c1-4-26-28(24,27-5-2)13-14-6-9-16(10-7-14)21-18(22)17-11-8-15(12-20-17)19(23)25-3/h6-12H,4-5,13H2,1-3H3,(H,21,22). The van der Waals surface area contributed by atoms with Crippen molar-refractivity contribution in [3.8, 4) is 0 Å². The number of aromatic nitrogens is 1. The molecule has 0 saturated heterocycles. The fourth-order valence-electron chi connectivity index (χ4n) is 2.40. The molecule has 1 aromatic heterocycles. The number of pyridine rings is 1. The summed E-state index contributed by atoms with van der Waals surface area (Å²) in [6.07, 6.45) is 1.43. The molecule has 1 amide bonds. The highest BCUT2D eigenvalue weighted by Crippen LogP contribution is 2.51. The topological polar surface area (TPSA) is 104 Å². The second-order valence-corrected chi connectivity index (χ2v) is 7.73. The minimum Gasteiger partial charge on any atom is -0.465 e. The second-order valence-electron chi connectivity index (χ2n) is 5.68. The number of nitrogens with zero attached hydrogens (tertiary/aromatic N) is 1. The summed E-state index contributed by atoms with van der Waals surface area (Å²) in [4.78, 5) is 27.6. The van der Waals surface area contributed by atoms with E-state index in [1.54, 1.807) is 38.1 Å². The van der Waals surface area contributed by atoms with Gasteiger partial charge in [0.05, 0.1) is 32.0 Å². The maximum Gasteiger partial charge on any atom is 0.339 e. The molecule has 150 valence electrons. The van der Waals surface area contributed by atoms with Crippen LogP contribution in [0.3, 0.4) is 0 Å². The number of nitrogens with one attached hydrogen (secondary N) is 1. The molecular formula is C19H23N2O6P. The second kappa shape index (κ2) is 10.1. The van der Waals surface area contributed by atoms with Crippen molar-refractivity contribution in [3.05, 3.63) is 59.4 Å². The van der Waals surface area contributed by atoms with Crippen molar-refractivity contribution in [3.63, 3.8) is 0 Å². The van der Waals surface area contributed by atoms with E-state index in [0.717, 1.165) is 5.56 Å². The van der Waals surface area contributed by atoms with E-state index < -0.39 is 19.5 Å². The summed E-state index contributed by atoms with van der Waals surface area (Å²) in [6.45, 7) is 4.12. The molecule has 0 saturated carbocycles. The molecule has 0 spiro atoms. The smallest absolute Gasteiger partial charge is 0.339 e. The van der Waals surface area contributed by atoms with Crippen molar-refractivity contribution in [2.45, 2.75) is 20.0 Å². The van der Waals surface area contributed by atoms with Crippen LogP contribution < -0.4 is 5.32 Å². The van der Waals surface area contributed by atoms with Crippen molar-refractivity contribution in [2.24, 2.45) is 0 Å². The lowest BCUT2D eigenvalue weighted by atomic mass is 10.2. The maximum atomic E-state index is 12.6. The molecule has 0 aliphatic rings. The number of esters is 1. The van der Waals surface area contributed by atoms with Crippen LogP contribution in [0.15, 0.2) is 42.6 Å². The Bertz CT molecular complexity index is 842. The lowest BCUT2D eigenvalue weighted by Gasteiger charge is -2.17. The van der Waals surface area contributed by atoms with Crippen LogP contribution in [0, 0.1) is 0 Å². The number of hydrogen-bond donors (Lipinski definition) is 1. The molecule has 1 heterocycles. The molecule has 0 bridgehead atoms. The zero-order valence-electron chi connectivity index (χ0n) is 16.0. The van der Waals surface area contributed by atoms with Gasteiger partial charge in [-0.1, -0.05) is 12.1 Å². The Balaban J connectivity index is 2.02. The SMILES string of the molecule is CCOP(=O)(Cc1ccc(NC(=O)c2ccc(C(=O)OC)cn2)cc1)OCC. The van der Waals surface area contributed by atoms with Gasteiger partial charge in [0.15, 0.2) is 0 Å². The molecule has 0 atom stereocenters.